The van der Waals surface area contributed by atoms with E-state index in [0.717, 1.165) is 19.3 Å². The normalized spacial score (nSPS) is 13.6. The SMILES string of the molecule is CC/C=C\C(CCC)C(=O)O. The molecule has 0 fully saturated rings. The van der Waals surface area contributed by atoms with Crippen LogP contribution < -0.4 is 0 Å². The van der Waals surface area contributed by atoms with E-state index in [-0.39, 0.29) is 5.92 Å². The van der Waals surface area contributed by atoms with Crippen molar-refractivity contribution in [2.45, 2.75) is 33.1 Å². The molecule has 0 aromatic carbocycles. The van der Waals surface area contributed by atoms with Crippen molar-refractivity contribution < 1.29 is 9.90 Å². The monoisotopic (exact) mass is 156 g/mol. The summed E-state index contributed by atoms with van der Waals surface area (Å²) in [6.07, 6.45) is 6.27. The van der Waals surface area contributed by atoms with Crippen LogP contribution in [0.1, 0.15) is 33.1 Å². The minimum absolute atomic E-state index is 0.278. The second kappa shape index (κ2) is 5.96. The molecule has 0 heterocycles. The van der Waals surface area contributed by atoms with E-state index < -0.39 is 5.97 Å². The molecule has 1 unspecified atom stereocenters. The Morgan fingerprint density at radius 3 is 2.55 bits per heavy atom. The van der Waals surface area contributed by atoms with E-state index >= 15 is 0 Å². The molecule has 2 nitrogen and oxygen atoms in total. The standard InChI is InChI=1S/C9H16O2/c1-3-5-7-8(6-4-2)9(10)11/h5,7-8H,3-4,6H2,1-2H3,(H,10,11)/b7-5-. The van der Waals surface area contributed by atoms with Gasteiger partial charge < -0.3 is 5.11 Å². The summed E-state index contributed by atoms with van der Waals surface area (Å²) < 4.78 is 0. The molecule has 1 N–H and O–H groups in total. The van der Waals surface area contributed by atoms with Gasteiger partial charge in [0.2, 0.25) is 0 Å². The lowest BCUT2D eigenvalue weighted by Gasteiger charge is -2.03. The van der Waals surface area contributed by atoms with E-state index in [1.54, 1.807) is 6.08 Å². The van der Waals surface area contributed by atoms with Crippen molar-refractivity contribution in [1.82, 2.24) is 0 Å². The van der Waals surface area contributed by atoms with Crippen LogP contribution in [0.5, 0.6) is 0 Å². The zero-order chi connectivity index (χ0) is 8.69. The first-order chi connectivity index (χ1) is 5.22. The Balaban J connectivity index is 3.88. The Morgan fingerprint density at radius 1 is 1.55 bits per heavy atom. The molecule has 0 aromatic heterocycles. The average Bonchev–Trinajstić information content (AvgIpc) is 1.97. The van der Waals surface area contributed by atoms with E-state index in [4.69, 9.17) is 5.11 Å². The largest absolute Gasteiger partial charge is 0.481 e. The van der Waals surface area contributed by atoms with Crippen molar-refractivity contribution in [3.63, 3.8) is 0 Å². The predicted octanol–water partition coefficient (Wildman–Crippen LogP) is 2.45. The molecule has 0 saturated carbocycles. The Hall–Kier alpha value is -0.790. The van der Waals surface area contributed by atoms with Gasteiger partial charge in [-0.25, -0.2) is 0 Å². The number of hydrogen-bond donors (Lipinski definition) is 1. The van der Waals surface area contributed by atoms with Crippen LogP contribution in [-0.2, 0) is 4.79 Å². The third-order valence-corrected chi connectivity index (χ3v) is 1.52. The highest BCUT2D eigenvalue weighted by Crippen LogP contribution is 2.08. The lowest BCUT2D eigenvalue weighted by Crippen LogP contribution is -2.10. The lowest BCUT2D eigenvalue weighted by molar-refractivity contribution is -0.140. The van der Waals surface area contributed by atoms with Gasteiger partial charge in [-0.05, 0) is 12.8 Å². The minimum atomic E-state index is -0.712. The number of carboxylic acids is 1. The topological polar surface area (TPSA) is 37.3 Å². The molecule has 2 heteroatoms. The zero-order valence-corrected chi connectivity index (χ0v) is 7.21. The van der Waals surface area contributed by atoms with E-state index in [1.165, 1.54) is 0 Å². The highest BCUT2D eigenvalue weighted by molar-refractivity contribution is 5.71. The molecule has 0 rings (SSSR count). The molecule has 0 radical (unpaired) electrons. The maximum absolute atomic E-state index is 10.5. The summed E-state index contributed by atoms with van der Waals surface area (Å²) in [6.45, 7) is 4.00. The Morgan fingerprint density at radius 2 is 2.18 bits per heavy atom. The highest BCUT2D eigenvalue weighted by Gasteiger charge is 2.10. The van der Waals surface area contributed by atoms with Crippen LogP contribution in [0.25, 0.3) is 0 Å². The second-order valence-electron chi connectivity index (χ2n) is 2.57. The molecule has 0 spiro atoms. The summed E-state index contributed by atoms with van der Waals surface area (Å²) in [4.78, 5) is 10.5. The fourth-order valence-electron chi connectivity index (χ4n) is 0.913. The van der Waals surface area contributed by atoms with Gasteiger partial charge in [-0.2, -0.15) is 0 Å². The fourth-order valence-corrected chi connectivity index (χ4v) is 0.913. The highest BCUT2D eigenvalue weighted by atomic mass is 16.4. The molecule has 0 bridgehead atoms. The fraction of sp³-hybridized carbons (Fsp3) is 0.667. The second-order valence-corrected chi connectivity index (χ2v) is 2.57. The van der Waals surface area contributed by atoms with Gasteiger partial charge in [0.05, 0.1) is 5.92 Å². The van der Waals surface area contributed by atoms with E-state index in [0.29, 0.717) is 0 Å². The van der Waals surface area contributed by atoms with Gasteiger partial charge in [-0.3, -0.25) is 4.79 Å². The summed E-state index contributed by atoms with van der Waals surface area (Å²) in [5.74, 6) is -0.989. The van der Waals surface area contributed by atoms with Crippen molar-refractivity contribution in [2.75, 3.05) is 0 Å². The summed E-state index contributed by atoms with van der Waals surface area (Å²) in [7, 11) is 0. The maximum Gasteiger partial charge on any atom is 0.310 e. The first-order valence-electron chi connectivity index (χ1n) is 4.11. The molecule has 0 saturated heterocycles. The number of carbonyl (C=O) groups is 1. The first-order valence-corrected chi connectivity index (χ1v) is 4.11. The van der Waals surface area contributed by atoms with Crippen LogP contribution in [0.3, 0.4) is 0 Å². The molecular formula is C9H16O2. The van der Waals surface area contributed by atoms with Crippen LogP contribution in [0.15, 0.2) is 12.2 Å². The summed E-state index contributed by atoms with van der Waals surface area (Å²) >= 11 is 0. The predicted molar refractivity (Wildman–Crippen MR) is 45.5 cm³/mol. The minimum Gasteiger partial charge on any atom is -0.481 e. The van der Waals surface area contributed by atoms with E-state index in [9.17, 15) is 4.79 Å². The maximum atomic E-state index is 10.5. The molecule has 1 atom stereocenters. The van der Waals surface area contributed by atoms with Crippen molar-refractivity contribution >= 4 is 5.97 Å². The van der Waals surface area contributed by atoms with Gasteiger partial charge in [0.15, 0.2) is 0 Å². The summed E-state index contributed by atoms with van der Waals surface area (Å²) in [6, 6.07) is 0. The zero-order valence-electron chi connectivity index (χ0n) is 7.21. The van der Waals surface area contributed by atoms with Crippen LogP contribution in [-0.4, -0.2) is 11.1 Å². The van der Waals surface area contributed by atoms with Gasteiger partial charge in [0.1, 0.15) is 0 Å². The van der Waals surface area contributed by atoms with Crippen molar-refractivity contribution in [3.05, 3.63) is 12.2 Å². The summed E-state index contributed by atoms with van der Waals surface area (Å²) in [5.41, 5.74) is 0. The Labute approximate surface area is 67.9 Å². The number of carboxylic acid groups (broad SMARTS) is 1. The van der Waals surface area contributed by atoms with Crippen LogP contribution in [0.2, 0.25) is 0 Å². The van der Waals surface area contributed by atoms with Gasteiger partial charge >= 0.3 is 5.97 Å². The molecule has 11 heavy (non-hydrogen) atoms. The molecule has 0 aliphatic carbocycles. The van der Waals surface area contributed by atoms with Crippen LogP contribution >= 0.6 is 0 Å². The van der Waals surface area contributed by atoms with Crippen molar-refractivity contribution in [2.24, 2.45) is 5.92 Å². The molecule has 0 aliphatic rings. The van der Waals surface area contributed by atoms with Gasteiger partial charge in [-0.1, -0.05) is 32.4 Å². The number of rotatable bonds is 5. The van der Waals surface area contributed by atoms with E-state index in [2.05, 4.69) is 0 Å². The first kappa shape index (κ1) is 10.2. The van der Waals surface area contributed by atoms with E-state index in [1.807, 2.05) is 19.9 Å². The lowest BCUT2D eigenvalue weighted by atomic mass is 10.0. The molecule has 0 amide bonds. The molecule has 64 valence electrons. The van der Waals surface area contributed by atoms with Gasteiger partial charge in [0.25, 0.3) is 0 Å². The number of aliphatic carboxylic acids is 1. The number of hydrogen-bond acceptors (Lipinski definition) is 1. The average molecular weight is 156 g/mol. The van der Waals surface area contributed by atoms with Crippen LogP contribution in [0.4, 0.5) is 0 Å². The number of allylic oxidation sites excluding steroid dienone is 1. The van der Waals surface area contributed by atoms with Gasteiger partial charge in [-0.15, -0.1) is 0 Å². The van der Waals surface area contributed by atoms with Crippen LogP contribution in [0, 0.1) is 5.92 Å². The third-order valence-electron chi connectivity index (χ3n) is 1.52. The smallest absolute Gasteiger partial charge is 0.310 e. The summed E-state index contributed by atoms with van der Waals surface area (Å²) in [5, 5.41) is 8.68. The Bertz CT molecular complexity index is 138. The van der Waals surface area contributed by atoms with Crippen molar-refractivity contribution in [3.8, 4) is 0 Å². The third kappa shape index (κ3) is 4.59. The van der Waals surface area contributed by atoms with Crippen molar-refractivity contribution in [1.29, 1.82) is 0 Å². The Kier molecular flexibility index (Phi) is 5.53. The molecule has 0 aliphatic heterocycles. The quantitative estimate of drug-likeness (QED) is 0.621. The van der Waals surface area contributed by atoms with Gasteiger partial charge in [0, 0.05) is 0 Å². The molecular weight excluding hydrogens is 140 g/mol. The molecule has 0 aromatic rings.